The van der Waals surface area contributed by atoms with Gasteiger partial charge in [-0.2, -0.15) is 0 Å². The molecule has 15 heavy (non-hydrogen) atoms. The van der Waals surface area contributed by atoms with E-state index in [0.717, 1.165) is 19.0 Å². The van der Waals surface area contributed by atoms with E-state index in [9.17, 15) is 0 Å². The third-order valence-electron chi connectivity index (χ3n) is 3.87. The monoisotopic (exact) mass is 212 g/mol. The van der Waals surface area contributed by atoms with Crippen LogP contribution in [-0.2, 0) is 0 Å². The normalized spacial score (nSPS) is 27.6. The van der Waals surface area contributed by atoms with Crippen LogP contribution in [0.5, 0.6) is 0 Å². The molecule has 1 rings (SSSR count). The van der Waals surface area contributed by atoms with Gasteiger partial charge in [0.1, 0.15) is 0 Å². The van der Waals surface area contributed by atoms with E-state index in [2.05, 4.69) is 38.3 Å². The van der Waals surface area contributed by atoms with Gasteiger partial charge in [-0.1, -0.05) is 34.1 Å². The molecule has 0 amide bonds. The van der Waals surface area contributed by atoms with Crippen molar-refractivity contribution in [1.29, 1.82) is 0 Å². The number of rotatable bonds is 5. The Labute approximate surface area is 95.2 Å². The maximum absolute atomic E-state index is 3.64. The van der Waals surface area contributed by atoms with Crippen LogP contribution >= 0.6 is 0 Å². The Kier molecular flexibility index (Phi) is 5.07. The zero-order chi connectivity index (χ0) is 11.3. The fourth-order valence-electron chi connectivity index (χ4n) is 2.24. The van der Waals surface area contributed by atoms with Gasteiger partial charge in [0.15, 0.2) is 0 Å². The molecule has 2 heteroatoms. The fourth-order valence-corrected chi connectivity index (χ4v) is 2.24. The van der Waals surface area contributed by atoms with Crippen LogP contribution in [0.1, 0.15) is 47.0 Å². The van der Waals surface area contributed by atoms with Crippen LogP contribution in [0.2, 0.25) is 0 Å². The lowest BCUT2D eigenvalue weighted by atomic mass is 9.77. The first-order valence-electron chi connectivity index (χ1n) is 6.50. The summed E-state index contributed by atoms with van der Waals surface area (Å²) in [4.78, 5) is 0. The summed E-state index contributed by atoms with van der Waals surface area (Å²) < 4.78 is 0. The quantitative estimate of drug-likeness (QED) is 0.731. The molecule has 1 aliphatic heterocycles. The van der Waals surface area contributed by atoms with E-state index in [4.69, 9.17) is 0 Å². The van der Waals surface area contributed by atoms with E-state index < -0.39 is 0 Å². The second-order valence-corrected chi connectivity index (χ2v) is 5.77. The highest BCUT2D eigenvalue weighted by Crippen LogP contribution is 2.29. The molecule has 0 bridgehead atoms. The molecule has 2 N–H and O–H groups in total. The fraction of sp³-hybridized carbons (Fsp3) is 1.00. The lowest BCUT2D eigenvalue weighted by molar-refractivity contribution is 0.175. The topological polar surface area (TPSA) is 24.1 Å². The molecule has 2 atom stereocenters. The molecular weight excluding hydrogens is 184 g/mol. The first-order valence-corrected chi connectivity index (χ1v) is 6.50. The molecule has 0 aromatic heterocycles. The van der Waals surface area contributed by atoms with E-state index in [0.29, 0.717) is 11.5 Å². The highest BCUT2D eigenvalue weighted by atomic mass is 15.0. The largest absolute Gasteiger partial charge is 0.315 e. The van der Waals surface area contributed by atoms with E-state index in [-0.39, 0.29) is 0 Å². The van der Waals surface area contributed by atoms with E-state index in [1.165, 1.54) is 25.8 Å². The summed E-state index contributed by atoms with van der Waals surface area (Å²) in [6, 6.07) is 0.648. The third kappa shape index (κ3) is 4.12. The number of hydrogen-bond donors (Lipinski definition) is 2. The molecular formula is C13H28N2. The maximum atomic E-state index is 3.64. The maximum Gasteiger partial charge on any atom is 0.0243 e. The SMILES string of the molecule is CCC(C)CNCC1NCCCC1(C)C. The van der Waals surface area contributed by atoms with Crippen LogP contribution in [0, 0.1) is 11.3 Å². The summed E-state index contributed by atoms with van der Waals surface area (Å²) in [6.45, 7) is 12.8. The van der Waals surface area contributed by atoms with Crippen molar-refractivity contribution in [1.82, 2.24) is 10.6 Å². The van der Waals surface area contributed by atoms with Crippen LogP contribution in [-0.4, -0.2) is 25.7 Å². The first-order chi connectivity index (χ1) is 7.06. The molecule has 2 nitrogen and oxygen atoms in total. The lowest BCUT2D eigenvalue weighted by Crippen LogP contribution is -2.52. The van der Waals surface area contributed by atoms with Gasteiger partial charge in [0.25, 0.3) is 0 Å². The van der Waals surface area contributed by atoms with Gasteiger partial charge in [0.05, 0.1) is 0 Å². The van der Waals surface area contributed by atoms with Crippen molar-refractivity contribution >= 4 is 0 Å². The summed E-state index contributed by atoms with van der Waals surface area (Å²) in [5.41, 5.74) is 0.459. The Morgan fingerprint density at radius 2 is 2.20 bits per heavy atom. The predicted molar refractivity (Wildman–Crippen MR) is 67.1 cm³/mol. The second-order valence-electron chi connectivity index (χ2n) is 5.77. The summed E-state index contributed by atoms with van der Waals surface area (Å²) >= 11 is 0. The number of nitrogens with one attached hydrogen (secondary N) is 2. The molecule has 1 aliphatic rings. The summed E-state index contributed by atoms with van der Waals surface area (Å²) in [5, 5.41) is 7.24. The minimum absolute atomic E-state index is 0.459. The molecule has 1 heterocycles. The Morgan fingerprint density at radius 3 is 2.80 bits per heavy atom. The third-order valence-corrected chi connectivity index (χ3v) is 3.87. The highest BCUT2D eigenvalue weighted by Gasteiger charge is 2.31. The van der Waals surface area contributed by atoms with Gasteiger partial charge in [0, 0.05) is 12.6 Å². The van der Waals surface area contributed by atoms with Crippen molar-refractivity contribution in [3.05, 3.63) is 0 Å². The van der Waals surface area contributed by atoms with E-state index in [1.54, 1.807) is 0 Å². The van der Waals surface area contributed by atoms with Gasteiger partial charge < -0.3 is 10.6 Å². The van der Waals surface area contributed by atoms with Crippen molar-refractivity contribution in [3.63, 3.8) is 0 Å². The molecule has 0 radical (unpaired) electrons. The average molecular weight is 212 g/mol. The molecule has 0 aliphatic carbocycles. The Hall–Kier alpha value is -0.0800. The Morgan fingerprint density at radius 1 is 1.47 bits per heavy atom. The van der Waals surface area contributed by atoms with Crippen molar-refractivity contribution in [2.24, 2.45) is 11.3 Å². The molecule has 90 valence electrons. The minimum atomic E-state index is 0.459. The zero-order valence-corrected chi connectivity index (χ0v) is 10.9. The number of hydrogen-bond acceptors (Lipinski definition) is 2. The van der Waals surface area contributed by atoms with Crippen LogP contribution in [0.3, 0.4) is 0 Å². The van der Waals surface area contributed by atoms with Gasteiger partial charge in [0.2, 0.25) is 0 Å². The molecule has 0 aromatic carbocycles. The van der Waals surface area contributed by atoms with Crippen molar-refractivity contribution < 1.29 is 0 Å². The molecule has 0 saturated carbocycles. The van der Waals surface area contributed by atoms with Gasteiger partial charge >= 0.3 is 0 Å². The van der Waals surface area contributed by atoms with Gasteiger partial charge in [-0.05, 0) is 37.3 Å². The van der Waals surface area contributed by atoms with Crippen molar-refractivity contribution in [2.75, 3.05) is 19.6 Å². The number of piperidine rings is 1. The van der Waals surface area contributed by atoms with Crippen LogP contribution in [0.4, 0.5) is 0 Å². The van der Waals surface area contributed by atoms with Crippen LogP contribution in [0.25, 0.3) is 0 Å². The van der Waals surface area contributed by atoms with Gasteiger partial charge in [-0.25, -0.2) is 0 Å². The smallest absolute Gasteiger partial charge is 0.0243 e. The summed E-state index contributed by atoms with van der Waals surface area (Å²) in [7, 11) is 0. The van der Waals surface area contributed by atoms with Gasteiger partial charge in [-0.15, -0.1) is 0 Å². The van der Waals surface area contributed by atoms with Crippen LogP contribution in [0.15, 0.2) is 0 Å². The van der Waals surface area contributed by atoms with Crippen molar-refractivity contribution in [2.45, 2.75) is 53.0 Å². The molecule has 1 fully saturated rings. The predicted octanol–water partition coefficient (Wildman–Crippen LogP) is 2.40. The van der Waals surface area contributed by atoms with Crippen LogP contribution < -0.4 is 10.6 Å². The molecule has 2 unspecified atom stereocenters. The summed E-state index contributed by atoms with van der Waals surface area (Å²) in [5.74, 6) is 0.803. The summed E-state index contributed by atoms with van der Waals surface area (Å²) in [6.07, 6.45) is 3.96. The second kappa shape index (κ2) is 5.86. The minimum Gasteiger partial charge on any atom is -0.315 e. The molecule has 0 aromatic rings. The Balaban J connectivity index is 2.24. The highest BCUT2D eigenvalue weighted by molar-refractivity contribution is 4.89. The molecule has 0 spiro atoms. The van der Waals surface area contributed by atoms with Crippen molar-refractivity contribution in [3.8, 4) is 0 Å². The van der Waals surface area contributed by atoms with E-state index in [1.807, 2.05) is 0 Å². The van der Waals surface area contributed by atoms with Gasteiger partial charge in [-0.3, -0.25) is 0 Å². The lowest BCUT2D eigenvalue weighted by Gasteiger charge is -2.39. The average Bonchev–Trinajstić information content (AvgIpc) is 2.20. The zero-order valence-electron chi connectivity index (χ0n) is 10.9. The Bertz CT molecular complexity index is 177. The molecule has 1 saturated heterocycles. The van der Waals surface area contributed by atoms with E-state index >= 15 is 0 Å². The first kappa shape index (κ1) is 13.0. The standard InChI is InChI=1S/C13H28N2/c1-5-11(2)9-14-10-12-13(3,4)7-6-8-15-12/h11-12,14-15H,5-10H2,1-4H3.